The smallest absolute Gasteiger partial charge is 0.417 e. The van der Waals surface area contributed by atoms with Crippen LogP contribution in [0.1, 0.15) is 70.6 Å². The minimum atomic E-state index is -4.94. The van der Waals surface area contributed by atoms with Gasteiger partial charge in [-0.25, -0.2) is 18.0 Å². The highest BCUT2D eigenvalue weighted by atomic mass is 32.1. The molecule has 3 fully saturated rings. The lowest BCUT2D eigenvalue weighted by molar-refractivity contribution is -0.137. The summed E-state index contributed by atoms with van der Waals surface area (Å²) in [6.07, 6.45) is -4.39. The number of benzene rings is 3. The number of anilines is 2. The van der Waals surface area contributed by atoms with Crippen LogP contribution >= 0.6 is 11.3 Å². The number of halogens is 6. The number of aromatic nitrogens is 2. The summed E-state index contributed by atoms with van der Waals surface area (Å²) in [6.45, 7) is 11.6. The maximum atomic E-state index is 15.6. The van der Waals surface area contributed by atoms with Crippen LogP contribution in [0.3, 0.4) is 0 Å². The van der Waals surface area contributed by atoms with Crippen LogP contribution in [0.2, 0.25) is 0 Å². The average molecular weight is 884 g/mol. The fraction of sp³-hybridized carbons (Fsp3) is 0.467. The van der Waals surface area contributed by atoms with Crippen LogP contribution in [-0.2, 0) is 17.5 Å². The number of carbonyl (C=O) groups excluding carboxylic acids is 1. The number of likely N-dealkylation sites (N-methyl/N-ethyl adjacent to an activating group) is 1. The number of methoxy groups -OCH3 is 1. The highest BCUT2D eigenvalue weighted by Crippen LogP contribution is 2.47. The SMILES string of the molecule is CC.COc1nc(N(C)C2CN(Cc3ccccc3)CC2F)c2cc(C(F)(F)F)c(-c3ccc(F)c4sc(NC(=O)OC(C)(C)C)c(C#N)c34)cc2n1.FC1CC2CCCN2C1. The molecule has 17 heteroatoms. The van der Waals surface area contributed by atoms with Crippen molar-refractivity contribution in [1.82, 2.24) is 19.8 Å². The number of amides is 1. The van der Waals surface area contributed by atoms with Crippen LogP contribution in [0.25, 0.3) is 32.1 Å². The normalized spacial score (nSPS) is 20.2. The second-order valence-electron chi connectivity index (χ2n) is 16.3. The van der Waals surface area contributed by atoms with Crippen molar-refractivity contribution in [3.8, 4) is 23.2 Å². The lowest BCUT2D eigenvalue weighted by Crippen LogP contribution is -2.40. The molecule has 0 aliphatic carbocycles. The van der Waals surface area contributed by atoms with Gasteiger partial charge in [0.1, 0.15) is 40.6 Å². The molecule has 1 N–H and O–H groups in total. The maximum absolute atomic E-state index is 15.6. The first-order valence-electron chi connectivity index (χ1n) is 20.6. The Morgan fingerprint density at radius 2 is 1.76 bits per heavy atom. The molecule has 5 heterocycles. The van der Waals surface area contributed by atoms with Gasteiger partial charge in [-0.2, -0.15) is 28.4 Å². The highest BCUT2D eigenvalue weighted by Gasteiger charge is 2.39. The van der Waals surface area contributed by atoms with Gasteiger partial charge in [0.15, 0.2) is 0 Å². The van der Waals surface area contributed by atoms with Crippen LogP contribution in [0.15, 0.2) is 54.6 Å². The lowest BCUT2D eigenvalue weighted by atomic mass is 9.93. The monoisotopic (exact) mass is 883 g/mol. The third-order valence-electron chi connectivity index (χ3n) is 10.9. The first kappa shape index (κ1) is 46.3. The Kier molecular flexibility index (Phi) is 14.2. The highest BCUT2D eigenvalue weighted by molar-refractivity contribution is 7.23. The van der Waals surface area contributed by atoms with Crippen LogP contribution in [-0.4, -0.2) is 96.2 Å². The molecule has 0 spiro atoms. The zero-order valence-electron chi connectivity index (χ0n) is 35.7. The summed E-state index contributed by atoms with van der Waals surface area (Å²) in [4.78, 5) is 27.0. The van der Waals surface area contributed by atoms with E-state index < -0.39 is 53.2 Å². The van der Waals surface area contributed by atoms with Gasteiger partial charge in [-0.05, 0) is 81.5 Å². The number of likely N-dealkylation sites (tertiary alicyclic amines) is 1. The molecular weight excluding hydrogens is 833 g/mol. The molecule has 3 aromatic carbocycles. The Bertz CT molecular complexity index is 2410. The van der Waals surface area contributed by atoms with E-state index in [1.807, 2.05) is 55.1 Å². The number of thiophene rings is 1. The van der Waals surface area contributed by atoms with Crippen molar-refractivity contribution in [3.63, 3.8) is 0 Å². The molecule has 62 heavy (non-hydrogen) atoms. The Hall–Kier alpha value is -5.18. The van der Waals surface area contributed by atoms with Gasteiger partial charge in [-0.1, -0.05) is 50.2 Å². The van der Waals surface area contributed by atoms with E-state index in [9.17, 15) is 14.4 Å². The number of nitrogens with one attached hydrogen (secondary N) is 1. The van der Waals surface area contributed by atoms with Gasteiger partial charge in [0.05, 0.1) is 34.5 Å². The standard InChI is InChI=1S/C36H33F5N6O3S.C7H12FN.C2H6/c1-35(2,3)50-34(48)45-32-23(15-42)29-20(11-12-25(37)30(29)51-32)21-14-27-22(13-24(21)36(39,40)41)31(44-33(43-27)49-5)46(4)28-18-47(17-26(28)38)16-19-9-7-6-8-10-19;8-6-4-7-2-1-3-9(7)5-6;1-2/h6-14,26,28H,16-18H2,1-5H3,(H,45,48);6-7H,1-5H2;1-2H3. The number of fused-ring (bicyclic) bond motifs is 3. The second-order valence-corrected chi connectivity index (χ2v) is 17.3. The van der Waals surface area contributed by atoms with E-state index in [0.29, 0.717) is 30.5 Å². The van der Waals surface area contributed by atoms with Gasteiger partial charge in [0.25, 0.3) is 0 Å². The summed E-state index contributed by atoms with van der Waals surface area (Å²) in [5.74, 6) is -0.766. The third kappa shape index (κ3) is 10.2. The van der Waals surface area contributed by atoms with Crippen molar-refractivity contribution in [2.45, 2.75) is 96.6 Å². The number of rotatable bonds is 7. The molecule has 332 valence electrons. The zero-order chi connectivity index (χ0) is 45.1. The number of hydrogen-bond acceptors (Lipinski definition) is 10. The zero-order valence-corrected chi connectivity index (χ0v) is 36.6. The molecule has 0 radical (unpaired) electrons. The van der Waals surface area contributed by atoms with Crippen molar-refractivity contribution < 1.29 is 40.6 Å². The number of hydrogen-bond donors (Lipinski definition) is 1. The lowest BCUT2D eigenvalue weighted by Gasteiger charge is -2.28. The van der Waals surface area contributed by atoms with Crippen molar-refractivity contribution in [1.29, 1.82) is 5.26 Å². The third-order valence-corrected chi connectivity index (χ3v) is 12.0. The van der Waals surface area contributed by atoms with Gasteiger partial charge < -0.3 is 14.4 Å². The summed E-state index contributed by atoms with van der Waals surface area (Å²) in [5, 5.41) is 12.4. The fourth-order valence-electron chi connectivity index (χ4n) is 8.28. The Labute approximate surface area is 361 Å². The molecule has 2 aromatic heterocycles. The molecule has 1 amide bonds. The molecule has 4 atom stereocenters. The van der Waals surface area contributed by atoms with Gasteiger partial charge in [-0.3, -0.25) is 15.1 Å². The van der Waals surface area contributed by atoms with Crippen LogP contribution in [0.4, 0.5) is 42.0 Å². The van der Waals surface area contributed by atoms with E-state index in [1.165, 1.54) is 30.9 Å². The molecule has 3 saturated heterocycles. The molecular formula is C45H51F6N7O3S. The number of carbonyl (C=O) groups is 1. The maximum Gasteiger partial charge on any atom is 0.417 e. The minimum Gasteiger partial charge on any atom is -0.467 e. The number of nitriles is 1. The second kappa shape index (κ2) is 19.1. The number of ether oxygens (including phenoxy) is 2. The molecule has 8 rings (SSSR count). The summed E-state index contributed by atoms with van der Waals surface area (Å²) < 4.78 is 98.9. The van der Waals surface area contributed by atoms with Crippen molar-refractivity contribution >= 4 is 49.2 Å². The van der Waals surface area contributed by atoms with Crippen LogP contribution in [0.5, 0.6) is 6.01 Å². The minimum absolute atomic E-state index is 0.0143. The Balaban J connectivity index is 0.000000507. The predicted octanol–water partition coefficient (Wildman–Crippen LogP) is 10.8. The van der Waals surface area contributed by atoms with E-state index in [2.05, 4.69) is 20.2 Å². The summed E-state index contributed by atoms with van der Waals surface area (Å²) in [6, 6.07) is 15.4. The fourth-order valence-corrected chi connectivity index (χ4v) is 9.35. The van der Waals surface area contributed by atoms with Gasteiger partial charge in [0, 0.05) is 50.0 Å². The predicted molar refractivity (Wildman–Crippen MR) is 231 cm³/mol. The summed E-state index contributed by atoms with van der Waals surface area (Å²) in [7, 11) is 2.87. The topological polar surface area (TPSA) is 107 Å². The Morgan fingerprint density at radius 3 is 2.40 bits per heavy atom. The van der Waals surface area contributed by atoms with E-state index in [-0.39, 0.29) is 62.0 Å². The van der Waals surface area contributed by atoms with E-state index >= 15 is 22.0 Å². The molecule has 5 aromatic rings. The quantitative estimate of drug-likeness (QED) is 0.160. The molecule has 3 aliphatic heterocycles. The van der Waals surface area contributed by atoms with E-state index in [0.717, 1.165) is 36.7 Å². The number of alkyl halides is 5. The molecule has 0 bridgehead atoms. The summed E-state index contributed by atoms with van der Waals surface area (Å²) in [5.41, 5.74) is -1.72. The first-order chi connectivity index (χ1) is 29.4. The van der Waals surface area contributed by atoms with Crippen molar-refractivity contribution in [3.05, 3.63) is 77.1 Å². The van der Waals surface area contributed by atoms with Crippen molar-refractivity contribution in [2.75, 3.05) is 50.6 Å². The van der Waals surface area contributed by atoms with E-state index in [4.69, 9.17) is 9.47 Å². The van der Waals surface area contributed by atoms with E-state index in [1.54, 1.807) is 27.8 Å². The molecule has 4 unspecified atom stereocenters. The van der Waals surface area contributed by atoms with Crippen LogP contribution in [0, 0.1) is 17.1 Å². The largest absolute Gasteiger partial charge is 0.467 e. The summed E-state index contributed by atoms with van der Waals surface area (Å²) >= 11 is 0.700. The van der Waals surface area contributed by atoms with Gasteiger partial charge in [-0.15, -0.1) is 11.3 Å². The first-order valence-corrected chi connectivity index (χ1v) is 21.4. The van der Waals surface area contributed by atoms with Gasteiger partial charge in [0.2, 0.25) is 0 Å². The average Bonchev–Trinajstić information content (AvgIpc) is 4.00. The Morgan fingerprint density at radius 1 is 1.03 bits per heavy atom. The molecule has 3 aliphatic rings. The van der Waals surface area contributed by atoms with Gasteiger partial charge >= 0.3 is 18.3 Å². The molecule has 10 nitrogen and oxygen atoms in total. The number of nitrogens with zero attached hydrogens (tertiary/aromatic N) is 6. The van der Waals surface area contributed by atoms with Crippen molar-refractivity contribution in [2.24, 2.45) is 0 Å². The molecule has 0 saturated carbocycles. The van der Waals surface area contributed by atoms with Crippen LogP contribution < -0.4 is 15.0 Å².